The number of piperidine rings is 1. The van der Waals surface area contributed by atoms with Crippen LogP contribution in [0.3, 0.4) is 0 Å². The lowest BCUT2D eigenvalue weighted by Crippen LogP contribution is -2.40. The first-order valence-corrected chi connectivity index (χ1v) is 8.30. The van der Waals surface area contributed by atoms with Crippen molar-refractivity contribution in [2.45, 2.75) is 32.1 Å². The van der Waals surface area contributed by atoms with E-state index in [-0.39, 0.29) is 18.2 Å². The fraction of sp³-hybridized carbons (Fsp3) is 0.529. The van der Waals surface area contributed by atoms with Gasteiger partial charge in [-0.1, -0.05) is 17.7 Å². The van der Waals surface area contributed by atoms with Crippen molar-refractivity contribution in [3.8, 4) is 5.75 Å². The SMILES string of the molecule is O=C(O)CC[C@H]1CCCN(C(=O)CCOc2cccc(Cl)c2)C1. The molecule has 0 saturated carbocycles. The molecule has 1 aromatic rings. The molecule has 1 amide bonds. The van der Waals surface area contributed by atoms with E-state index in [1.807, 2.05) is 4.90 Å². The normalized spacial score (nSPS) is 17.8. The number of rotatable bonds is 7. The van der Waals surface area contributed by atoms with Crippen molar-refractivity contribution in [1.82, 2.24) is 4.90 Å². The summed E-state index contributed by atoms with van der Waals surface area (Å²) in [5, 5.41) is 9.36. The maximum Gasteiger partial charge on any atom is 0.303 e. The van der Waals surface area contributed by atoms with Gasteiger partial charge in [-0.15, -0.1) is 0 Å². The van der Waals surface area contributed by atoms with Crippen LogP contribution in [0.1, 0.15) is 32.1 Å². The molecular weight excluding hydrogens is 318 g/mol. The monoisotopic (exact) mass is 339 g/mol. The molecule has 6 heteroatoms. The van der Waals surface area contributed by atoms with Crippen molar-refractivity contribution < 1.29 is 19.4 Å². The Hall–Kier alpha value is -1.75. The molecule has 2 rings (SSSR count). The van der Waals surface area contributed by atoms with Gasteiger partial charge >= 0.3 is 5.97 Å². The number of amides is 1. The molecule has 0 aliphatic carbocycles. The van der Waals surface area contributed by atoms with Gasteiger partial charge in [0.25, 0.3) is 0 Å². The zero-order chi connectivity index (χ0) is 16.7. The third-order valence-corrected chi connectivity index (χ3v) is 4.25. The molecule has 23 heavy (non-hydrogen) atoms. The maximum absolute atomic E-state index is 12.2. The molecule has 0 spiro atoms. The average Bonchev–Trinajstić information content (AvgIpc) is 2.53. The van der Waals surface area contributed by atoms with E-state index in [9.17, 15) is 9.59 Å². The first kappa shape index (κ1) is 17.6. The number of likely N-dealkylation sites (tertiary alicyclic amines) is 1. The fourth-order valence-corrected chi connectivity index (χ4v) is 3.01. The second-order valence-electron chi connectivity index (χ2n) is 5.84. The van der Waals surface area contributed by atoms with Gasteiger partial charge in [0.2, 0.25) is 5.91 Å². The maximum atomic E-state index is 12.2. The van der Waals surface area contributed by atoms with Gasteiger partial charge in [0, 0.05) is 24.5 Å². The third-order valence-electron chi connectivity index (χ3n) is 4.02. The van der Waals surface area contributed by atoms with Gasteiger partial charge < -0.3 is 14.7 Å². The van der Waals surface area contributed by atoms with Gasteiger partial charge in [0.15, 0.2) is 0 Å². The number of ether oxygens (including phenoxy) is 1. The van der Waals surface area contributed by atoms with Crippen LogP contribution in [-0.4, -0.2) is 41.6 Å². The van der Waals surface area contributed by atoms with E-state index in [1.165, 1.54) is 0 Å². The van der Waals surface area contributed by atoms with E-state index >= 15 is 0 Å². The quantitative estimate of drug-likeness (QED) is 0.828. The predicted octanol–water partition coefficient (Wildman–Crippen LogP) is 3.21. The standard InChI is InChI=1S/C17H22ClNO4/c18-14-4-1-5-15(11-14)23-10-8-16(20)19-9-2-3-13(12-19)6-7-17(21)22/h1,4-5,11,13H,2-3,6-10,12H2,(H,21,22)/t13-/m1/s1. The number of nitrogens with zero attached hydrogens (tertiary/aromatic N) is 1. The van der Waals surface area contributed by atoms with Crippen LogP contribution in [0.2, 0.25) is 5.02 Å². The van der Waals surface area contributed by atoms with Crippen molar-refractivity contribution in [3.63, 3.8) is 0 Å². The summed E-state index contributed by atoms with van der Waals surface area (Å²) in [4.78, 5) is 24.7. The highest BCUT2D eigenvalue weighted by Crippen LogP contribution is 2.22. The van der Waals surface area contributed by atoms with Crippen LogP contribution in [0, 0.1) is 5.92 Å². The summed E-state index contributed by atoms with van der Waals surface area (Å²) in [6, 6.07) is 7.09. The summed E-state index contributed by atoms with van der Waals surface area (Å²) in [5.41, 5.74) is 0. The number of benzene rings is 1. The number of carboxylic acids is 1. The Balaban J connectivity index is 1.73. The van der Waals surface area contributed by atoms with Crippen LogP contribution in [-0.2, 0) is 9.59 Å². The van der Waals surface area contributed by atoms with Crippen LogP contribution < -0.4 is 4.74 Å². The van der Waals surface area contributed by atoms with Crippen LogP contribution >= 0.6 is 11.6 Å². The summed E-state index contributed by atoms with van der Waals surface area (Å²) in [5.74, 6) is 0.233. The predicted molar refractivity (Wildman–Crippen MR) is 87.7 cm³/mol. The van der Waals surface area contributed by atoms with Gasteiger partial charge in [0.1, 0.15) is 5.75 Å². The Morgan fingerprint density at radius 2 is 2.17 bits per heavy atom. The summed E-state index contributed by atoms with van der Waals surface area (Å²) < 4.78 is 5.54. The molecule has 0 bridgehead atoms. The van der Waals surface area contributed by atoms with Crippen LogP contribution in [0.5, 0.6) is 5.75 Å². The Morgan fingerprint density at radius 1 is 1.35 bits per heavy atom. The van der Waals surface area contributed by atoms with Crippen molar-refractivity contribution in [2.75, 3.05) is 19.7 Å². The van der Waals surface area contributed by atoms with Crippen LogP contribution in [0.25, 0.3) is 0 Å². The molecule has 1 aromatic carbocycles. The number of carbonyl (C=O) groups is 2. The largest absolute Gasteiger partial charge is 0.493 e. The number of carboxylic acid groups (broad SMARTS) is 1. The van der Waals surface area contributed by atoms with E-state index in [2.05, 4.69) is 0 Å². The smallest absolute Gasteiger partial charge is 0.303 e. The first-order valence-electron chi connectivity index (χ1n) is 7.92. The minimum atomic E-state index is -0.775. The average molecular weight is 340 g/mol. The lowest BCUT2D eigenvalue weighted by molar-refractivity contribution is -0.137. The van der Waals surface area contributed by atoms with Crippen LogP contribution in [0.4, 0.5) is 0 Å². The van der Waals surface area contributed by atoms with Crippen molar-refractivity contribution in [2.24, 2.45) is 5.92 Å². The lowest BCUT2D eigenvalue weighted by Gasteiger charge is -2.32. The molecule has 1 fully saturated rings. The molecule has 0 radical (unpaired) electrons. The van der Waals surface area contributed by atoms with Crippen molar-refractivity contribution in [3.05, 3.63) is 29.3 Å². The van der Waals surface area contributed by atoms with Gasteiger partial charge in [-0.3, -0.25) is 9.59 Å². The fourth-order valence-electron chi connectivity index (χ4n) is 2.83. The Kier molecular flexibility index (Phi) is 6.71. The third kappa shape index (κ3) is 6.10. The molecule has 1 saturated heterocycles. The molecule has 1 aliphatic rings. The number of halogens is 1. The van der Waals surface area contributed by atoms with Crippen molar-refractivity contribution in [1.29, 1.82) is 0 Å². The highest BCUT2D eigenvalue weighted by molar-refractivity contribution is 6.30. The summed E-state index contributed by atoms with van der Waals surface area (Å²) in [7, 11) is 0. The minimum absolute atomic E-state index is 0.0621. The van der Waals surface area contributed by atoms with E-state index in [0.717, 1.165) is 19.4 Å². The second kappa shape index (κ2) is 8.77. The summed E-state index contributed by atoms with van der Waals surface area (Å²) >= 11 is 5.88. The molecule has 1 atom stereocenters. The first-order chi connectivity index (χ1) is 11.0. The molecule has 0 unspecified atom stereocenters. The summed E-state index contributed by atoms with van der Waals surface area (Å²) in [6.45, 7) is 1.72. The number of hydrogen-bond acceptors (Lipinski definition) is 3. The van der Waals surface area contributed by atoms with E-state index in [1.54, 1.807) is 24.3 Å². The lowest BCUT2D eigenvalue weighted by atomic mass is 9.93. The molecule has 5 nitrogen and oxygen atoms in total. The molecule has 1 heterocycles. The Labute approximate surface area is 141 Å². The minimum Gasteiger partial charge on any atom is -0.493 e. The van der Waals surface area contributed by atoms with Gasteiger partial charge in [0.05, 0.1) is 13.0 Å². The number of aliphatic carboxylic acids is 1. The zero-order valence-corrected chi connectivity index (χ0v) is 13.8. The highest BCUT2D eigenvalue weighted by Gasteiger charge is 2.23. The summed E-state index contributed by atoms with van der Waals surface area (Å²) in [6.07, 6.45) is 3.06. The van der Waals surface area contributed by atoms with Gasteiger partial charge in [-0.25, -0.2) is 0 Å². The molecule has 1 aliphatic heterocycles. The number of hydrogen-bond donors (Lipinski definition) is 1. The molecule has 126 valence electrons. The van der Waals surface area contributed by atoms with Gasteiger partial charge in [-0.2, -0.15) is 0 Å². The second-order valence-corrected chi connectivity index (χ2v) is 6.27. The highest BCUT2D eigenvalue weighted by atomic mass is 35.5. The van der Waals surface area contributed by atoms with E-state index in [0.29, 0.717) is 36.8 Å². The molecular formula is C17H22ClNO4. The van der Waals surface area contributed by atoms with Gasteiger partial charge in [-0.05, 0) is 43.4 Å². The Bertz CT molecular complexity index is 549. The Morgan fingerprint density at radius 3 is 2.91 bits per heavy atom. The molecule has 1 N–H and O–H groups in total. The van der Waals surface area contributed by atoms with Crippen LogP contribution in [0.15, 0.2) is 24.3 Å². The van der Waals surface area contributed by atoms with Crippen molar-refractivity contribution >= 4 is 23.5 Å². The van der Waals surface area contributed by atoms with E-state index in [4.69, 9.17) is 21.4 Å². The zero-order valence-electron chi connectivity index (χ0n) is 13.0. The topological polar surface area (TPSA) is 66.8 Å². The molecule has 0 aromatic heterocycles. The number of carbonyl (C=O) groups excluding carboxylic acids is 1. The van der Waals surface area contributed by atoms with E-state index < -0.39 is 5.97 Å².